The molecule has 0 radical (unpaired) electrons. The third kappa shape index (κ3) is 3.55. The second-order valence-electron chi connectivity index (χ2n) is 3.60. The van der Waals surface area contributed by atoms with Crippen LogP contribution in [0.4, 0.5) is 8.78 Å². The minimum absolute atomic E-state index is 0.00731. The molecule has 1 aromatic rings. The molecule has 2 nitrogen and oxygen atoms in total. The molecule has 1 atom stereocenters. The zero-order valence-corrected chi connectivity index (χ0v) is 9.49. The summed E-state index contributed by atoms with van der Waals surface area (Å²) in [5.41, 5.74) is 4.39. The van der Waals surface area contributed by atoms with Crippen molar-refractivity contribution in [2.24, 2.45) is 5.73 Å². The van der Waals surface area contributed by atoms with E-state index in [0.29, 0.717) is 5.56 Å². The van der Waals surface area contributed by atoms with Gasteiger partial charge in [-0.1, -0.05) is 23.2 Å². The van der Waals surface area contributed by atoms with Crippen LogP contribution in [0.3, 0.4) is 0 Å². The van der Waals surface area contributed by atoms with E-state index in [2.05, 4.69) is 4.98 Å². The van der Waals surface area contributed by atoms with Crippen molar-refractivity contribution >= 4 is 23.2 Å². The van der Waals surface area contributed by atoms with Crippen molar-refractivity contribution in [1.29, 1.82) is 0 Å². The molecule has 1 heterocycles. The van der Waals surface area contributed by atoms with Crippen molar-refractivity contribution in [3.8, 4) is 0 Å². The van der Waals surface area contributed by atoms with Gasteiger partial charge in [0.15, 0.2) is 0 Å². The van der Waals surface area contributed by atoms with Gasteiger partial charge in [0.05, 0.1) is 5.54 Å². The van der Waals surface area contributed by atoms with Crippen LogP contribution < -0.4 is 5.73 Å². The normalized spacial score (nSPS) is 15.4. The average molecular weight is 255 g/mol. The van der Waals surface area contributed by atoms with Crippen LogP contribution in [0.2, 0.25) is 10.3 Å². The largest absolute Gasteiger partial charge is 0.320 e. The number of nitrogens with zero attached hydrogens (tertiary/aromatic N) is 1. The lowest BCUT2D eigenvalue weighted by atomic mass is 9.95. The Kier molecular flexibility index (Phi) is 3.87. The van der Waals surface area contributed by atoms with Crippen LogP contribution in [0, 0.1) is 0 Å². The van der Waals surface area contributed by atoms with E-state index in [4.69, 9.17) is 28.9 Å². The lowest BCUT2D eigenvalue weighted by molar-refractivity contribution is 0.0639. The maximum absolute atomic E-state index is 12.5. The molecular formula is C9H10Cl2F2N2. The van der Waals surface area contributed by atoms with Crippen LogP contribution in [0.5, 0.6) is 0 Å². The molecule has 0 saturated heterocycles. The van der Waals surface area contributed by atoms with Crippen LogP contribution >= 0.6 is 23.2 Å². The van der Waals surface area contributed by atoms with E-state index < -0.39 is 12.0 Å². The predicted molar refractivity (Wildman–Crippen MR) is 56.6 cm³/mol. The van der Waals surface area contributed by atoms with E-state index in [9.17, 15) is 8.78 Å². The van der Waals surface area contributed by atoms with Crippen LogP contribution in [0.1, 0.15) is 12.5 Å². The summed E-state index contributed by atoms with van der Waals surface area (Å²) in [4.78, 5) is 3.71. The first-order valence-corrected chi connectivity index (χ1v) is 4.96. The first-order chi connectivity index (χ1) is 6.81. The van der Waals surface area contributed by atoms with E-state index >= 15 is 0 Å². The second kappa shape index (κ2) is 4.60. The highest BCUT2D eigenvalue weighted by molar-refractivity contribution is 6.32. The van der Waals surface area contributed by atoms with E-state index in [1.165, 1.54) is 19.1 Å². The molecular weight excluding hydrogens is 245 g/mol. The SMILES string of the molecule is CC(N)(Cc1cc(Cl)nc(Cl)c1)C(F)F. The smallest absolute Gasteiger partial charge is 0.256 e. The number of rotatable bonds is 3. The van der Waals surface area contributed by atoms with Crippen molar-refractivity contribution in [2.45, 2.75) is 25.3 Å². The van der Waals surface area contributed by atoms with E-state index in [1.54, 1.807) is 0 Å². The van der Waals surface area contributed by atoms with Crippen LogP contribution in [0.15, 0.2) is 12.1 Å². The summed E-state index contributed by atoms with van der Waals surface area (Å²) in [6, 6.07) is 2.95. The molecule has 0 aliphatic heterocycles. The Morgan fingerprint density at radius 2 is 1.87 bits per heavy atom. The van der Waals surface area contributed by atoms with Crippen LogP contribution in [-0.4, -0.2) is 16.9 Å². The van der Waals surface area contributed by atoms with E-state index in [1.807, 2.05) is 0 Å². The number of nitrogens with two attached hydrogens (primary N) is 1. The summed E-state index contributed by atoms with van der Waals surface area (Å²) in [7, 11) is 0. The highest BCUT2D eigenvalue weighted by Gasteiger charge is 2.30. The molecule has 0 aliphatic rings. The van der Waals surface area contributed by atoms with Crippen molar-refractivity contribution < 1.29 is 8.78 Å². The van der Waals surface area contributed by atoms with Gasteiger partial charge in [-0.25, -0.2) is 13.8 Å². The van der Waals surface area contributed by atoms with Crippen LogP contribution in [0.25, 0.3) is 0 Å². The van der Waals surface area contributed by atoms with Gasteiger partial charge >= 0.3 is 0 Å². The lowest BCUT2D eigenvalue weighted by Crippen LogP contribution is -2.45. The maximum atomic E-state index is 12.5. The van der Waals surface area contributed by atoms with E-state index in [-0.39, 0.29) is 16.7 Å². The van der Waals surface area contributed by atoms with Gasteiger partial charge in [-0.2, -0.15) is 0 Å². The van der Waals surface area contributed by atoms with Crippen molar-refractivity contribution in [2.75, 3.05) is 0 Å². The monoisotopic (exact) mass is 254 g/mol. The zero-order chi connectivity index (χ0) is 11.6. The topological polar surface area (TPSA) is 38.9 Å². The Balaban J connectivity index is 2.89. The van der Waals surface area contributed by atoms with Gasteiger partial charge in [0.1, 0.15) is 10.3 Å². The predicted octanol–water partition coefficient (Wildman–Crippen LogP) is 2.91. The molecule has 0 spiro atoms. The molecule has 1 unspecified atom stereocenters. The number of hydrogen-bond donors (Lipinski definition) is 1. The van der Waals surface area contributed by atoms with Gasteiger partial charge in [0, 0.05) is 0 Å². The molecule has 84 valence electrons. The molecule has 0 amide bonds. The van der Waals surface area contributed by atoms with Crippen molar-refractivity contribution in [3.63, 3.8) is 0 Å². The van der Waals surface area contributed by atoms with Gasteiger partial charge in [-0.05, 0) is 31.0 Å². The highest BCUT2D eigenvalue weighted by Crippen LogP contribution is 2.21. The molecule has 1 aromatic heterocycles. The summed E-state index contributed by atoms with van der Waals surface area (Å²) >= 11 is 11.3. The van der Waals surface area contributed by atoms with Gasteiger partial charge in [0.2, 0.25) is 0 Å². The standard InChI is InChI=1S/C9H10Cl2F2N2/c1-9(14,8(12)13)4-5-2-6(10)15-7(11)3-5/h2-3,8H,4,14H2,1H3. The van der Waals surface area contributed by atoms with Crippen molar-refractivity contribution in [1.82, 2.24) is 4.98 Å². The fraction of sp³-hybridized carbons (Fsp3) is 0.444. The Bertz CT molecular complexity index is 336. The molecule has 0 aliphatic carbocycles. The van der Waals surface area contributed by atoms with E-state index in [0.717, 1.165) is 0 Å². The highest BCUT2D eigenvalue weighted by atomic mass is 35.5. The molecule has 0 fully saturated rings. The molecule has 15 heavy (non-hydrogen) atoms. The van der Waals surface area contributed by atoms with Gasteiger partial charge in [-0.15, -0.1) is 0 Å². The number of alkyl halides is 2. The Morgan fingerprint density at radius 1 is 1.40 bits per heavy atom. The minimum atomic E-state index is -2.61. The van der Waals surface area contributed by atoms with Gasteiger partial charge in [-0.3, -0.25) is 0 Å². The molecule has 0 aromatic carbocycles. The molecule has 0 bridgehead atoms. The number of hydrogen-bond acceptors (Lipinski definition) is 2. The average Bonchev–Trinajstić information content (AvgIpc) is 1.99. The summed E-state index contributed by atoms with van der Waals surface area (Å²) in [6.07, 6.45) is -2.62. The molecule has 6 heteroatoms. The number of pyridine rings is 1. The van der Waals surface area contributed by atoms with Crippen molar-refractivity contribution in [3.05, 3.63) is 28.0 Å². The summed E-state index contributed by atoms with van der Waals surface area (Å²) in [5, 5.41) is 0.338. The third-order valence-corrected chi connectivity index (χ3v) is 2.29. The first kappa shape index (κ1) is 12.6. The van der Waals surface area contributed by atoms with Crippen LogP contribution in [-0.2, 0) is 6.42 Å². The summed E-state index contributed by atoms with van der Waals surface area (Å²) < 4.78 is 25.0. The lowest BCUT2D eigenvalue weighted by Gasteiger charge is -2.23. The minimum Gasteiger partial charge on any atom is -0.320 e. The number of halogens is 4. The zero-order valence-electron chi connectivity index (χ0n) is 7.98. The Labute approximate surface area is 96.4 Å². The fourth-order valence-electron chi connectivity index (χ4n) is 1.13. The maximum Gasteiger partial charge on any atom is 0.256 e. The molecule has 2 N–H and O–H groups in total. The van der Waals surface area contributed by atoms with Gasteiger partial charge in [0.25, 0.3) is 6.43 Å². The van der Waals surface area contributed by atoms with Gasteiger partial charge < -0.3 is 5.73 Å². The Hall–Kier alpha value is -0.450. The third-order valence-electron chi connectivity index (χ3n) is 1.91. The first-order valence-electron chi connectivity index (χ1n) is 4.20. The molecule has 1 rings (SSSR count). The summed E-state index contributed by atoms with van der Waals surface area (Å²) in [6.45, 7) is 1.28. The number of aromatic nitrogens is 1. The second-order valence-corrected chi connectivity index (χ2v) is 4.38. The quantitative estimate of drug-likeness (QED) is 0.843. The summed E-state index contributed by atoms with van der Waals surface area (Å²) in [5.74, 6) is 0. The molecule has 0 saturated carbocycles. The Morgan fingerprint density at radius 3 is 2.27 bits per heavy atom. The fourth-order valence-corrected chi connectivity index (χ4v) is 1.64.